The summed E-state index contributed by atoms with van der Waals surface area (Å²) in [7, 11) is 0. The number of benzene rings is 8. The molecule has 392 valence electrons. The highest BCUT2D eigenvalue weighted by Crippen LogP contribution is 2.37. The van der Waals surface area contributed by atoms with Crippen LogP contribution in [0.15, 0.2) is 170 Å². The minimum absolute atomic E-state index is 0.0642. The molecular weight excluding hydrogens is 1140 g/mol. The number of nitrogens with one attached hydrogen (secondary N) is 4. The second-order valence-corrected chi connectivity index (χ2v) is 19.1. The molecule has 20 heteroatoms. The zero-order valence-corrected chi connectivity index (χ0v) is 45.5. The number of carbonyl (C=O) groups is 4. The lowest BCUT2D eigenvalue weighted by atomic mass is 10.1. The van der Waals surface area contributed by atoms with E-state index in [-0.39, 0.29) is 25.7 Å². The van der Waals surface area contributed by atoms with Crippen LogP contribution in [-0.2, 0) is 44.9 Å². The minimum atomic E-state index is -0.889. The predicted octanol–water partition coefficient (Wildman–Crippen LogP) is 17.5. The van der Waals surface area contributed by atoms with Crippen molar-refractivity contribution in [2.24, 2.45) is 0 Å². The van der Waals surface area contributed by atoms with Gasteiger partial charge in [0.25, 0.3) is 0 Å². The largest absolute Gasteiger partial charge is 0.481 e. The Kier molecular flexibility index (Phi) is 23.7. The van der Waals surface area contributed by atoms with Gasteiger partial charge in [0, 0.05) is 22.7 Å². The van der Waals surface area contributed by atoms with E-state index in [1.165, 1.54) is 0 Å². The Morgan fingerprint density at radius 3 is 0.579 bits per heavy atom. The summed E-state index contributed by atoms with van der Waals surface area (Å²) in [6, 6.07) is 49.3. The second-order valence-electron chi connectivity index (χ2n) is 15.8. The van der Waals surface area contributed by atoms with E-state index >= 15 is 0 Å². The second kappa shape index (κ2) is 30.0. The molecule has 0 aliphatic heterocycles. The average Bonchev–Trinajstić information content (AvgIpc) is 3.36. The maximum Gasteiger partial charge on any atom is 0.307 e. The summed E-state index contributed by atoms with van der Waals surface area (Å²) in [6.07, 6.45) is -0.257. The van der Waals surface area contributed by atoms with Crippen molar-refractivity contribution in [2.45, 2.75) is 25.7 Å². The van der Waals surface area contributed by atoms with Gasteiger partial charge in [0.15, 0.2) is 0 Å². The number of halogens is 8. The van der Waals surface area contributed by atoms with E-state index in [9.17, 15) is 19.2 Å². The Hall–Kier alpha value is -6.84. The van der Waals surface area contributed by atoms with E-state index in [2.05, 4.69) is 21.3 Å². The lowest BCUT2D eigenvalue weighted by Crippen LogP contribution is -2.04. The fourth-order valence-electron chi connectivity index (χ4n) is 6.84. The molecule has 8 aromatic rings. The monoisotopic (exact) mass is 1180 g/mol. The van der Waals surface area contributed by atoms with Crippen LogP contribution in [0.4, 0.5) is 45.5 Å². The summed E-state index contributed by atoms with van der Waals surface area (Å²) in [4.78, 5) is 43.3. The van der Waals surface area contributed by atoms with Crippen molar-refractivity contribution < 1.29 is 39.6 Å². The number of carboxylic acids is 4. The molecule has 8 rings (SSSR count). The summed E-state index contributed by atoms with van der Waals surface area (Å²) in [6.45, 7) is 0. The van der Waals surface area contributed by atoms with Gasteiger partial charge in [-0.25, -0.2) is 0 Å². The number of para-hydroxylation sites is 8. The molecule has 0 saturated heterocycles. The molecule has 8 aromatic carbocycles. The van der Waals surface area contributed by atoms with Crippen molar-refractivity contribution in [3.63, 3.8) is 0 Å². The number of rotatable bonds is 16. The molecule has 0 radical (unpaired) electrons. The standard InChI is InChI=1S/4C14H11Cl2NO2/c4*15-10-5-3-6-11(16)14(10)17-12-7-2-1-4-9(12)8-13(18)19/h4*1-7,17H,8H2,(H,18,19). The first-order valence-corrected chi connectivity index (χ1v) is 25.4. The lowest BCUT2D eigenvalue weighted by Gasteiger charge is -2.13. The van der Waals surface area contributed by atoms with E-state index < -0.39 is 23.9 Å². The minimum Gasteiger partial charge on any atom is -0.481 e. The molecule has 0 amide bonds. The van der Waals surface area contributed by atoms with Crippen LogP contribution in [0.1, 0.15) is 22.3 Å². The molecule has 0 unspecified atom stereocenters. The highest BCUT2D eigenvalue weighted by Gasteiger charge is 2.14. The summed E-state index contributed by atoms with van der Waals surface area (Å²) in [5.41, 5.74) is 7.70. The Balaban J connectivity index is 0.000000187. The van der Waals surface area contributed by atoms with Gasteiger partial charge in [-0.05, 0) is 95.1 Å². The Bertz CT molecular complexity index is 2810. The van der Waals surface area contributed by atoms with E-state index in [0.717, 1.165) is 0 Å². The van der Waals surface area contributed by atoms with E-state index in [1.54, 1.807) is 146 Å². The summed E-state index contributed by atoms with van der Waals surface area (Å²) in [5.74, 6) is -3.56. The van der Waals surface area contributed by atoms with Crippen LogP contribution in [0.3, 0.4) is 0 Å². The van der Waals surface area contributed by atoms with Crippen molar-refractivity contribution in [1.29, 1.82) is 0 Å². The molecule has 0 aliphatic carbocycles. The summed E-state index contributed by atoms with van der Waals surface area (Å²) < 4.78 is 0. The summed E-state index contributed by atoms with van der Waals surface area (Å²) >= 11 is 48.6. The molecule has 76 heavy (non-hydrogen) atoms. The predicted molar refractivity (Wildman–Crippen MR) is 310 cm³/mol. The van der Waals surface area contributed by atoms with Crippen LogP contribution < -0.4 is 21.3 Å². The van der Waals surface area contributed by atoms with Crippen LogP contribution in [0, 0.1) is 0 Å². The van der Waals surface area contributed by atoms with Gasteiger partial charge in [-0.15, -0.1) is 0 Å². The molecule has 0 aliphatic rings. The molecule has 0 aromatic heterocycles. The van der Waals surface area contributed by atoms with Crippen molar-refractivity contribution in [2.75, 3.05) is 21.3 Å². The zero-order chi connectivity index (χ0) is 55.3. The summed E-state index contributed by atoms with van der Waals surface area (Å²) in [5, 5.41) is 51.8. The maximum atomic E-state index is 10.8. The smallest absolute Gasteiger partial charge is 0.307 e. The van der Waals surface area contributed by atoms with E-state index in [1.807, 2.05) is 24.3 Å². The molecule has 0 bridgehead atoms. The zero-order valence-electron chi connectivity index (χ0n) is 39.4. The third-order valence-electron chi connectivity index (χ3n) is 10.3. The van der Waals surface area contributed by atoms with Gasteiger partial charge >= 0.3 is 23.9 Å². The van der Waals surface area contributed by atoms with Crippen molar-refractivity contribution >= 4 is 162 Å². The first-order chi connectivity index (χ1) is 36.3. The number of anilines is 8. The quantitative estimate of drug-likeness (QED) is 0.0456. The first kappa shape index (κ1) is 60.0. The van der Waals surface area contributed by atoms with Crippen molar-refractivity contribution in [1.82, 2.24) is 0 Å². The van der Waals surface area contributed by atoms with Gasteiger partial charge in [-0.1, -0.05) is 190 Å². The van der Waals surface area contributed by atoms with Crippen LogP contribution in [0.5, 0.6) is 0 Å². The Morgan fingerprint density at radius 2 is 0.421 bits per heavy atom. The van der Waals surface area contributed by atoms with Gasteiger partial charge in [-0.2, -0.15) is 0 Å². The van der Waals surface area contributed by atoms with Gasteiger partial charge in [0.05, 0.1) is 88.6 Å². The van der Waals surface area contributed by atoms with Gasteiger partial charge in [0.2, 0.25) is 0 Å². The van der Waals surface area contributed by atoms with Crippen LogP contribution in [0.25, 0.3) is 0 Å². The number of aliphatic carboxylic acids is 4. The van der Waals surface area contributed by atoms with Gasteiger partial charge in [-0.3, -0.25) is 19.2 Å². The third-order valence-corrected chi connectivity index (χ3v) is 12.8. The highest BCUT2D eigenvalue weighted by atomic mass is 35.5. The Morgan fingerprint density at radius 1 is 0.263 bits per heavy atom. The number of hydrogen-bond donors (Lipinski definition) is 8. The maximum absolute atomic E-state index is 10.8. The first-order valence-electron chi connectivity index (χ1n) is 22.3. The van der Waals surface area contributed by atoms with Crippen LogP contribution in [0.2, 0.25) is 40.2 Å². The number of carboxylic acid groups (broad SMARTS) is 4. The molecule has 0 heterocycles. The third kappa shape index (κ3) is 18.8. The van der Waals surface area contributed by atoms with Crippen LogP contribution in [-0.4, -0.2) is 44.3 Å². The van der Waals surface area contributed by atoms with Crippen molar-refractivity contribution in [3.05, 3.63) is 232 Å². The van der Waals surface area contributed by atoms with Gasteiger partial charge < -0.3 is 41.7 Å². The molecule has 0 atom stereocenters. The fraction of sp³-hybridized carbons (Fsp3) is 0.0714. The van der Waals surface area contributed by atoms with Crippen molar-refractivity contribution in [3.8, 4) is 0 Å². The number of hydrogen-bond acceptors (Lipinski definition) is 8. The van der Waals surface area contributed by atoms with Crippen LogP contribution >= 0.6 is 92.8 Å². The molecular formula is C56H44Cl8N4O8. The average molecular weight is 1180 g/mol. The van der Waals surface area contributed by atoms with E-state index in [4.69, 9.17) is 113 Å². The SMILES string of the molecule is O=C(O)Cc1ccccc1Nc1c(Cl)cccc1Cl.O=C(O)Cc1ccccc1Nc1c(Cl)cccc1Cl.O=C(O)Cc1ccccc1Nc1c(Cl)cccc1Cl.O=C(O)Cc1ccccc1Nc1c(Cl)cccc1Cl. The topological polar surface area (TPSA) is 197 Å². The molecule has 12 nitrogen and oxygen atoms in total. The highest BCUT2D eigenvalue weighted by molar-refractivity contribution is 6.41. The Labute approximate surface area is 477 Å². The van der Waals surface area contributed by atoms with Gasteiger partial charge in [0.1, 0.15) is 0 Å². The molecule has 0 saturated carbocycles. The molecule has 8 N–H and O–H groups in total. The lowest BCUT2D eigenvalue weighted by molar-refractivity contribution is -0.137. The van der Waals surface area contributed by atoms with E-state index in [0.29, 0.717) is 108 Å². The normalized spacial score (nSPS) is 10.2. The molecule has 0 fully saturated rings. The molecule has 0 spiro atoms. The fourth-order valence-corrected chi connectivity index (χ4v) is 8.81.